The number of aromatic nitrogens is 2. The molecule has 1 rings (SSSR count). The summed E-state index contributed by atoms with van der Waals surface area (Å²) in [6.07, 6.45) is 3.57. The molecule has 10 heavy (non-hydrogen) atoms. The SMILES string of the molecule is CN(O)Cc1cn(C)cn1. The largest absolute Gasteiger partial charge is 0.340 e. The molecular weight excluding hydrogens is 130 g/mol. The van der Waals surface area contributed by atoms with Gasteiger partial charge in [-0.15, -0.1) is 0 Å². The van der Waals surface area contributed by atoms with Crippen molar-refractivity contribution in [1.82, 2.24) is 14.6 Å². The minimum Gasteiger partial charge on any atom is -0.340 e. The van der Waals surface area contributed by atoms with Gasteiger partial charge in [0.25, 0.3) is 0 Å². The van der Waals surface area contributed by atoms with Gasteiger partial charge in [0.1, 0.15) is 0 Å². The molecule has 1 N–H and O–H groups in total. The Morgan fingerprint density at radius 1 is 1.80 bits per heavy atom. The van der Waals surface area contributed by atoms with Crippen molar-refractivity contribution in [1.29, 1.82) is 0 Å². The predicted molar refractivity (Wildman–Crippen MR) is 36.5 cm³/mol. The second kappa shape index (κ2) is 2.81. The van der Waals surface area contributed by atoms with Crippen LogP contribution in [0.3, 0.4) is 0 Å². The lowest BCUT2D eigenvalue weighted by Gasteiger charge is -2.03. The van der Waals surface area contributed by atoms with E-state index in [9.17, 15) is 0 Å². The Morgan fingerprint density at radius 3 is 2.90 bits per heavy atom. The molecule has 1 aromatic heterocycles. The van der Waals surface area contributed by atoms with Crippen molar-refractivity contribution in [3.05, 3.63) is 18.2 Å². The van der Waals surface area contributed by atoms with Crippen molar-refractivity contribution in [2.75, 3.05) is 7.05 Å². The summed E-state index contributed by atoms with van der Waals surface area (Å²) in [6, 6.07) is 0. The Labute approximate surface area is 59.7 Å². The van der Waals surface area contributed by atoms with Gasteiger partial charge >= 0.3 is 0 Å². The molecule has 0 amide bonds. The molecule has 0 saturated heterocycles. The lowest BCUT2D eigenvalue weighted by molar-refractivity contribution is -0.0740. The van der Waals surface area contributed by atoms with Crippen LogP contribution in [0.1, 0.15) is 5.69 Å². The maximum atomic E-state index is 8.80. The number of hydrogen-bond acceptors (Lipinski definition) is 3. The van der Waals surface area contributed by atoms with E-state index < -0.39 is 0 Å². The quantitative estimate of drug-likeness (QED) is 0.600. The smallest absolute Gasteiger partial charge is 0.0947 e. The Kier molecular flexibility index (Phi) is 2.03. The van der Waals surface area contributed by atoms with Gasteiger partial charge in [-0.25, -0.2) is 4.98 Å². The molecule has 1 heterocycles. The minimum absolute atomic E-state index is 0.473. The van der Waals surface area contributed by atoms with E-state index in [1.54, 1.807) is 13.4 Å². The number of hydrogen-bond donors (Lipinski definition) is 1. The van der Waals surface area contributed by atoms with E-state index in [4.69, 9.17) is 5.21 Å². The van der Waals surface area contributed by atoms with Crippen LogP contribution in [0.25, 0.3) is 0 Å². The molecule has 1 aromatic rings. The maximum absolute atomic E-state index is 8.80. The van der Waals surface area contributed by atoms with Crippen LogP contribution in [0, 0.1) is 0 Å². The van der Waals surface area contributed by atoms with Crippen LogP contribution in [0.15, 0.2) is 12.5 Å². The summed E-state index contributed by atoms with van der Waals surface area (Å²) in [5.41, 5.74) is 0.868. The molecule has 0 spiro atoms. The van der Waals surface area contributed by atoms with E-state index in [0.29, 0.717) is 6.54 Å². The molecule has 0 radical (unpaired) electrons. The van der Waals surface area contributed by atoms with Crippen LogP contribution in [-0.4, -0.2) is 26.9 Å². The lowest BCUT2D eigenvalue weighted by atomic mass is 10.5. The molecule has 0 atom stereocenters. The fourth-order valence-corrected chi connectivity index (χ4v) is 0.783. The molecule has 4 heteroatoms. The monoisotopic (exact) mass is 141 g/mol. The zero-order valence-electron chi connectivity index (χ0n) is 6.15. The third kappa shape index (κ3) is 1.82. The molecule has 0 bridgehead atoms. The summed E-state index contributed by atoms with van der Waals surface area (Å²) in [5, 5.41) is 9.90. The van der Waals surface area contributed by atoms with Crippen molar-refractivity contribution in [2.24, 2.45) is 7.05 Å². The fraction of sp³-hybridized carbons (Fsp3) is 0.500. The standard InChI is InChI=1S/C6H11N3O/c1-8-3-6(7-5-8)4-9(2)10/h3,5,10H,4H2,1-2H3. The van der Waals surface area contributed by atoms with Crippen molar-refractivity contribution in [2.45, 2.75) is 6.54 Å². The average molecular weight is 141 g/mol. The van der Waals surface area contributed by atoms with Crippen LogP contribution in [0.4, 0.5) is 0 Å². The van der Waals surface area contributed by atoms with E-state index in [-0.39, 0.29) is 0 Å². The van der Waals surface area contributed by atoms with E-state index in [2.05, 4.69) is 4.98 Å². The van der Waals surface area contributed by atoms with E-state index in [0.717, 1.165) is 10.8 Å². The van der Waals surface area contributed by atoms with Gasteiger partial charge in [0.15, 0.2) is 0 Å². The van der Waals surface area contributed by atoms with Gasteiger partial charge < -0.3 is 9.77 Å². The predicted octanol–water partition coefficient (Wildman–Crippen LogP) is 0.241. The molecule has 0 saturated carbocycles. The Morgan fingerprint density at radius 2 is 2.50 bits per heavy atom. The zero-order valence-corrected chi connectivity index (χ0v) is 6.15. The number of aryl methyl sites for hydroxylation is 1. The number of imidazole rings is 1. The topological polar surface area (TPSA) is 41.3 Å². The van der Waals surface area contributed by atoms with Crippen LogP contribution >= 0.6 is 0 Å². The first kappa shape index (κ1) is 7.24. The molecule has 0 fully saturated rings. The van der Waals surface area contributed by atoms with Gasteiger partial charge in [0.05, 0.1) is 18.6 Å². The Bertz CT molecular complexity index is 207. The summed E-state index contributed by atoms with van der Waals surface area (Å²) in [5.74, 6) is 0. The first-order valence-corrected chi connectivity index (χ1v) is 3.05. The van der Waals surface area contributed by atoms with Crippen LogP contribution in [0.2, 0.25) is 0 Å². The van der Waals surface area contributed by atoms with Crippen molar-refractivity contribution >= 4 is 0 Å². The number of rotatable bonds is 2. The van der Waals surface area contributed by atoms with Gasteiger partial charge in [0, 0.05) is 20.3 Å². The number of hydroxylamine groups is 2. The molecule has 4 nitrogen and oxygen atoms in total. The van der Waals surface area contributed by atoms with Gasteiger partial charge in [-0.1, -0.05) is 0 Å². The normalized spacial score (nSPS) is 10.8. The molecule has 0 aliphatic heterocycles. The van der Waals surface area contributed by atoms with E-state index in [1.807, 2.05) is 17.8 Å². The fourth-order valence-electron chi connectivity index (χ4n) is 0.783. The van der Waals surface area contributed by atoms with Crippen LogP contribution in [-0.2, 0) is 13.6 Å². The van der Waals surface area contributed by atoms with Gasteiger partial charge in [0.2, 0.25) is 0 Å². The Balaban J connectivity index is 2.58. The first-order chi connectivity index (χ1) is 4.68. The summed E-state index contributed by atoms with van der Waals surface area (Å²) in [7, 11) is 3.49. The number of nitrogens with zero attached hydrogens (tertiary/aromatic N) is 3. The highest BCUT2D eigenvalue weighted by atomic mass is 16.5. The summed E-state index contributed by atoms with van der Waals surface area (Å²) < 4.78 is 1.85. The van der Waals surface area contributed by atoms with Gasteiger partial charge in [-0.05, 0) is 0 Å². The van der Waals surface area contributed by atoms with Crippen molar-refractivity contribution in [3.63, 3.8) is 0 Å². The summed E-state index contributed by atoms with van der Waals surface area (Å²) in [6.45, 7) is 0.473. The molecule has 0 aliphatic rings. The lowest BCUT2D eigenvalue weighted by Crippen LogP contribution is -2.11. The Hall–Kier alpha value is -0.870. The highest BCUT2D eigenvalue weighted by molar-refractivity contribution is 4.94. The molecule has 0 unspecified atom stereocenters. The van der Waals surface area contributed by atoms with Crippen LogP contribution in [0.5, 0.6) is 0 Å². The molecular formula is C6H11N3O. The summed E-state index contributed by atoms with van der Waals surface area (Å²) in [4.78, 5) is 4.02. The summed E-state index contributed by atoms with van der Waals surface area (Å²) >= 11 is 0. The van der Waals surface area contributed by atoms with Crippen molar-refractivity contribution < 1.29 is 5.21 Å². The van der Waals surface area contributed by atoms with Crippen molar-refractivity contribution in [3.8, 4) is 0 Å². The second-order valence-corrected chi connectivity index (χ2v) is 2.35. The molecule has 0 aliphatic carbocycles. The zero-order chi connectivity index (χ0) is 7.56. The minimum atomic E-state index is 0.473. The average Bonchev–Trinajstić information content (AvgIpc) is 2.13. The third-order valence-electron chi connectivity index (χ3n) is 1.15. The molecule has 56 valence electrons. The van der Waals surface area contributed by atoms with E-state index in [1.165, 1.54) is 0 Å². The third-order valence-corrected chi connectivity index (χ3v) is 1.15. The highest BCUT2D eigenvalue weighted by Gasteiger charge is 1.97. The van der Waals surface area contributed by atoms with Crippen LogP contribution < -0.4 is 0 Å². The van der Waals surface area contributed by atoms with E-state index >= 15 is 0 Å². The first-order valence-electron chi connectivity index (χ1n) is 3.05. The second-order valence-electron chi connectivity index (χ2n) is 2.35. The van der Waals surface area contributed by atoms with Gasteiger partial charge in [-0.3, -0.25) is 0 Å². The highest BCUT2D eigenvalue weighted by Crippen LogP contribution is 1.95. The van der Waals surface area contributed by atoms with Gasteiger partial charge in [-0.2, -0.15) is 5.06 Å². The maximum Gasteiger partial charge on any atom is 0.0947 e. The molecule has 0 aromatic carbocycles.